The average molecular weight is 572 g/mol. The summed E-state index contributed by atoms with van der Waals surface area (Å²) in [5.74, 6) is -1.22. The zero-order valence-electron chi connectivity index (χ0n) is 22.8. The molecule has 0 saturated carbocycles. The lowest BCUT2D eigenvalue weighted by Crippen LogP contribution is -2.49. The van der Waals surface area contributed by atoms with Gasteiger partial charge >= 0.3 is 6.03 Å². The minimum atomic E-state index is -1.13. The van der Waals surface area contributed by atoms with E-state index < -0.39 is 35.8 Å². The number of aliphatic hydroxyl groups excluding tert-OH is 1. The van der Waals surface area contributed by atoms with E-state index >= 15 is 0 Å². The van der Waals surface area contributed by atoms with E-state index in [0.29, 0.717) is 45.0 Å². The van der Waals surface area contributed by atoms with Crippen molar-refractivity contribution >= 4 is 6.03 Å². The molecule has 2 amide bonds. The lowest BCUT2D eigenvalue weighted by Gasteiger charge is -2.39. The number of ether oxygens (including phenoxy) is 1. The molecule has 0 bridgehead atoms. The maximum absolute atomic E-state index is 14.9. The number of nitrogens with one attached hydrogen (secondary N) is 2. The maximum atomic E-state index is 14.9. The van der Waals surface area contributed by atoms with Crippen LogP contribution >= 0.6 is 0 Å². The third-order valence-corrected chi connectivity index (χ3v) is 7.86. The zero-order valence-corrected chi connectivity index (χ0v) is 22.8. The number of nitrogens with zero attached hydrogens (tertiary/aromatic N) is 3. The standard InChI is InChI=1S/C30H36F3N5O3/c31-23-6-7-25(32)24(14-23)27-19-37(17-20-4-2-1-3-5-20)29(36-27)28(21-8-12-41-13-9-21)38(30(40)35-10-11-39)18-22-15-34-16-26(22)33/h1-7,14,19,21-22,26,28,34,39H,8-13,15-18H2,(H,35,40)/t22-,26-,28?/m0/s1. The molecule has 0 aliphatic carbocycles. The predicted molar refractivity (Wildman–Crippen MR) is 148 cm³/mol. The molecular weight excluding hydrogens is 535 g/mol. The number of hydrogen-bond donors (Lipinski definition) is 3. The van der Waals surface area contributed by atoms with Crippen LogP contribution in [0.5, 0.6) is 0 Å². The minimum absolute atomic E-state index is 0.0175. The fourth-order valence-electron chi connectivity index (χ4n) is 5.75. The number of carbonyl (C=O) groups is 1. The van der Waals surface area contributed by atoms with Gasteiger partial charge in [-0.05, 0) is 42.5 Å². The molecule has 3 atom stereocenters. The topological polar surface area (TPSA) is 91.6 Å². The third kappa shape index (κ3) is 6.91. The Morgan fingerprint density at radius 3 is 2.66 bits per heavy atom. The first-order valence-electron chi connectivity index (χ1n) is 14.1. The van der Waals surface area contributed by atoms with Gasteiger partial charge in [0.25, 0.3) is 0 Å². The van der Waals surface area contributed by atoms with E-state index in [0.717, 1.165) is 23.8 Å². The molecule has 220 valence electrons. The molecule has 0 spiro atoms. The van der Waals surface area contributed by atoms with Gasteiger partial charge in [-0.15, -0.1) is 0 Å². The van der Waals surface area contributed by atoms with Crippen molar-refractivity contribution in [2.75, 3.05) is 46.0 Å². The van der Waals surface area contributed by atoms with Crippen LogP contribution in [0.3, 0.4) is 0 Å². The van der Waals surface area contributed by atoms with E-state index in [2.05, 4.69) is 10.6 Å². The van der Waals surface area contributed by atoms with Gasteiger partial charge in [0.2, 0.25) is 0 Å². The highest BCUT2D eigenvalue weighted by Crippen LogP contribution is 2.38. The van der Waals surface area contributed by atoms with Crippen LogP contribution in [0.15, 0.2) is 54.7 Å². The number of benzene rings is 2. The summed E-state index contributed by atoms with van der Waals surface area (Å²) in [4.78, 5) is 20.2. The Bertz CT molecular complexity index is 1300. The number of rotatable bonds is 10. The van der Waals surface area contributed by atoms with Crippen LogP contribution in [0, 0.1) is 23.5 Å². The summed E-state index contributed by atoms with van der Waals surface area (Å²) in [6, 6.07) is 11.8. The Hall–Kier alpha value is -3.41. The summed E-state index contributed by atoms with van der Waals surface area (Å²) in [6.07, 6.45) is 1.83. The highest BCUT2D eigenvalue weighted by molar-refractivity contribution is 5.75. The van der Waals surface area contributed by atoms with Gasteiger partial charge in [-0.1, -0.05) is 30.3 Å². The Labute approximate surface area is 237 Å². The van der Waals surface area contributed by atoms with E-state index in [1.165, 1.54) is 0 Å². The quantitative estimate of drug-likeness (QED) is 0.344. The fraction of sp³-hybridized carbons (Fsp3) is 0.467. The fourth-order valence-corrected chi connectivity index (χ4v) is 5.75. The first kappa shape index (κ1) is 29.1. The molecule has 2 aliphatic heterocycles. The van der Waals surface area contributed by atoms with Crippen molar-refractivity contribution in [3.63, 3.8) is 0 Å². The van der Waals surface area contributed by atoms with Gasteiger partial charge in [0.1, 0.15) is 23.6 Å². The lowest BCUT2D eigenvalue weighted by molar-refractivity contribution is 0.0257. The smallest absolute Gasteiger partial charge is 0.318 e. The highest BCUT2D eigenvalue weighted by Gasteiger charge is 2.40. The maximum Gasteiger partial charge on any atom is 0.318 e. The van der Waals surface area contributed by atoms with Crippen molar-refractivity contribution in [3.05, 3.63) is 77.8 Å². The van der Waals surface area contributed by atoms with Crippen molar-refractivity contribution in [2.45, 2.75) is 31.6 Å². The zero-order chi connectivity index (χ0) is 28.8. The number of urea groups is 1. The lowest BCUT2D eigenvalue weighted by atomic mass is 9.89. The summed E-state index contributed by atoms with van der Waals surface area (Å²) in [7, 11) is 0. The van der Waals surface area contributed by atoms with Crippen molar-refractivity contribution in [1.29, 1.82) is 0 Å². The Morgan fingerprint density at radius 2 is 1.95 bits per heavy atom. The van der Waals surface area contributed by atoms with E-state index in [4.69, 9.17) is 9.72 Å². The number of imidazole rings is 1. The van der Waals surface area contributed by atoms with Gasteiger partial charge < -0.3 is 29.9 Å². The molecule has 2 fully saturated rings. The van der Waals surface area contributed by atoms with Crippen molar-refractivity contribution in [3.8, 4) is 11.3 Å². The van der Waals surface area contributed by atoms with E-state index in [1.807, 2.05) is 34.9 Å². The molecule has 5 rings (SSSR count). The van der Waals surface area contributed by atoms with Crippen molar-refractivity contribution in [1.82, 2.24) is 25.1 Å². The number of carbonyl (C=O) groups excluding carboxylic acids is 1. The first-order valence-corrected chi connectivity index (χ1v) is 14.1. The number of halogens is 3. The molecule has 41 heavy (non-hydrogen) atoms. The van der Waals surface area contributed by atoms with E-state index in [9.17, 15) is 23.1 Å². The number of hydrogen-bond acceptors (Lipinski definition) is 5. The molecule has 0 radical (unpaired) electrons. The van der Waals surface area contributed by atoms with Crippen LogP contribution in [0.1, 0.15) is 30.3 Å². The summed E-state index contributed by atoms with van der Waals surface area (Å²) >= 11 is 0. The molecule has 1 unspecified atom stereocenters. The number of aliphatic hydroxyl groups is 1. The minimum Gasteiger partial charge on any atom is -0.395 e. The van der Waals surface area contributed by atoms with Crippen LogP contribution in [0.4, 0.5) is 18.0 Å². The molecule has 2 saturated heterocycles. The molecule has 11 heteroatoms. The van der Waals surface area contributed by atoms with E-state index in [-0.39, 0.29) is 43.4 Å². The van der Waals surface area contributed by atoms with Gasteiger partial charge in [0.15, 0.2) is 0 Å². The van der Waals surface area contributed by atoms with Gasteiger partial charge in [-0.2, -0.15) is 0 Å². The number of amides is 2. The second-order valence-corrected chi connectivity index (χ2v) is 10.7. The summed E-state index contributed by atoms with van der Waals surface area (Å²) in [5, 5.41) is 15.2. The van der Waals surface area contributed by atoms with Gasteiger partial charge in [0.05, 0.1) is 18.3 Å². The SMILES string of the molecule is O=C(NCCO)N(C[C@@H]1CNC[C@@H]1F)C(c1nc(-c2cc(F)ccc2F)cn1Cc1ccccc1)C1CCOCC1. The van der Waals surface area contributed by atoms with Gasteiger partial charge in [-0.3, -0.25) is 0 Å². The van der Waals surface area contributed by atoms with E-state index in [1.54, 1.807) is 11.1 Å². The second-order valence-electron chi connectivity index (χ2n) is 10.7. The molecular formula is C30H36F3N5O3. The molecule has 3 N–H and O–H groups in total. The second kappa shape index (κ2) is 13.5. The normalized spacial score (nSPS) is 20.2. The molecule has 3 aromatic rings. The largest absolute Gasteiger partial charge is 0.395 e. The van der Waals surface area contributed by atoms with Gasteiger partial charge in [0, 0.05) is 63.6 Å². The summed E-state index contributed by atoms with van der Waals surface area (Å²) < 4.78 is 51.5. The first-order chi connectivity index (χ1) is 19.9. The van der Waals surface area contributed by atoms with Crippen LogP contribution < -0.4 is 10.6 Å². The number of aromatic nitrogens is 2. The average Bonchev–Trinajstić information content (AvgIpc) is 3.59. The highest BCUT2D eigenvalue weighted by atomic mass is 19.1. The molecule has 8 nitrogen and oxygen atoms in total. The Balaban J connectivity index is 1.63. The molecule has 3 heterocycles. The van der Waals surface area contributed by atoms with Crippen molar-refractivity contribution in [2.24, 2.45) is 11.8 Å². The molecule has 2 aliphatic rings. The summed E-state index contributed by atoms with van der Waals surface area (Å²) in [6.45, 7) is 1.91. The molecule has 2 aromatic carbocycles. The van der Waals surface area contributed by atoms with Crippen LogP contribution in [0.2, 0.25) is 0 Å². The van der Waals surface area contributed by atoms with Crippen molar-refractivity contribution < 1.29 is 27.8 Å². The van der Waals surface area contributed by atoms with Crippen LogP contribution in [-0.2, 0) is 11.3 Å². The Kier molecular flexibility index (Phi) is 9.58. The third-order valence-electron chi connectivity index (χ3n) is 7.86. The van der Waals surface area contributed by atoms with Gasteiger partial charge in [-0.25, -0.2) is 22.9 Å². The summed E-state index contributed by atoms with van der Waals surface area (Å²) in [5.41, 5.74) is 1.22. The molecule has 1 aromatic heterocycles. The van der Waals surface area contributed by atoms with Crippen LogP contribution in [-0.4, -0.2) is 77.8 Å². The number of alkyl halides is 1. The monoisotopic (exact) mass is 571 g/mol. The predicted octanol–water partition coefficient (Wildman–Crippen LogP) is 3.91. The Morgan fingerprint density at radius 1 is 1.17 bits per heavy atom. The van der Waals surface area contributed by atoms with Crippen LogP contribution in [0.25, 0.3) is 11.3 Å².